The van der Waals surface area contributed by atoms with Gasteiger partial charge >= 0.3 is 0 Å². The fourth-order valence-corrected chi connectivity index (χ4v) is 7.64. The van der Waals surface area contributed by atoms with E-state index in [2.05, 4.69) is 32.3 Å². The molecule has 2 saturated carbocycles. The highest BCUT2D eigenvalue weighted by Gasteiger charge is 2.47. The van der Waals surface area contributed by atoms with Gasteiger partial charge in [0.15, 0.2) is 0 Å². The number of piperazine rings is 1. The number of likely N-dealkylation sites (tertiary alicyclic amines) is 1. The van der Waals surface area contributed by atoms with E-state index in [1.165, 1.54) is 0 Å². The average Bonchev–Trinajstić information content (AvgIpc) is 3.50. The van der Waals surface area contributed by atoms with E-state index < -0.39 is 12.3 Å². The quantitative estimate of drug-likeness (QED) is 0.486. The molecule has 0 aromatic heterocycles. The predicted octanol–water partition coefficient (Wildman–Crippen LogP) is 0.654. The lowest BCUT2D eigenvalue weighted by Crippen LogP contribution is -2.54. The Hall–Kier alpha value is -1.36. The standard InChI is InChI=1S/C26H44F2N6O2/c1-16-2-3-22(28)21-13-23(31-25(16)21)26(36)30-18-10-17(27)11-20(12-18)34-5-4-19(14-34)33-8-6-32(7-9-33)15-24(29)35/h16-23,25,31H,2-15H2,1H3,(H2,29,35)(H,30,36)/t16?,17?,18?,19-,20?,21?,22?,23?,25?/m1/s1. The SMILES string of the molecule is CC1CCC(F)C2CC(C(=O)NC3CC(F)CC(N4CC[C@@H](N5CCN(CC(N)=O)CC5)C4)C3)NC12. The highest BCUT2D eigenvalue weighted by molar-refractivity contribution is 5.82. The van der Waals surface area contributed by atoms with E-state index in [0.717, 1.165) is 58.5 Å². The van der Waals surface area contributed by atoms with Crippen molar-refractivity contribution >= 4 is 11.8 Å². The van der Waals surface area contributed by atoms with E-state index in [1.54, 1.807) is 0 Å². The number of hydrogen-bond acceptors (Lipinski definition) is 6. The molecule has 0 spiro atoms. The summed E-state index contributed by atoms with van der Waals surface area (Å²) in [5.41, 5.74) is 5.33. The van der Waals surface area contributed by atoms with Crippen molar-refractivity contribution in [1.82, 2.24) is 25.3 Å². The Morgan fingerprint density at radius 1 is 0.944 bits per heavy atom. The number of nitrogens with zero attached hydrogens (tertiary/aromatic N) is 3. The summed E-state index contributed by atoms with van der Waals surface area (Å²) in [6.07, 6.45) is 2.97. The van der Waals surface area contributed by atoms with E-state index in [1.807, 2.05) is 0 Å². The molecule has 0 aromatic rings. The van der Waals surface area contributed by atoms with Gasteiger partial charge in [0.25, 0.3) is 0 Å². The fraction of sp³-hybridized carbons (Fsp3) is 0.923. The van der Waals surface area contributed by atoms with Crippen molar-refractivity contribution in [3.8, 4) is 0 Å². The zero-order valence-electron chi connectivity index (χ0n) is 21.6. The van der Waals surface area contributed by atoms with Crippen molar-refractivity contribution in [2.75, 3.05) is 45.8 Å². The largest absolute Gasteiger partial charge is 0.369 e. The Morgan fingerprint density at radius 2 is 1.72 bits per heavy atom. The minimum absolute atomic E-state index is 0.0664. The third-order valence-corrected chi connectivity index (χ3v) is 9.64. The van der Waals surface area contributed by atoms with Crippen LogP contribution in [0, 0.1) is 11.8 Å². The van der Waals surface area contributed by atoms with Crippen LogP contribution in [0.25, 0.3) is 0 Å². The predicted molar refractivity (Wildman–Crippen MR) is 134 cm³/mol. The molecule has 2 amide bonds. The molecule has 9 atom stereocenters. The lowest BCUT2D eigenvalue weighted by atomic mass is 9.77. The van der Waals surface area contributed by atoms with Crippen molar-refractivity contribution in [3.05, 3.63) is 0 Å². The van der Waals surface area contributed by atoms with Gasteiger partial charge in [0.1, 0.15) is 12.3 Å². The van der Waals surface area contributed by atoms with Gasteiger partial charge in [-0.05, 0) is 50.9 Å². The Bertz CT molecular complexity index is 778. The summed E-state index contributed by atoms with van der Waals surface area (Å²) in [4.78, 5) is 31.3. The zero-order chi connectivity index (χ0) is 25.4. The molecule has 0 bridgehead atoms. The molecule has 3 aliphatic heterocycles. The highest BCUT2D eigenvalue weighted by Crippen LogP contribution is 2.39. The molecule has 8 unspecified atom stereocenters. The van der Waals surface area contributed by atoms with Gasteiger partial charge < -0.3 is 16.4 Å². The van der Waals surface area contributed by atoms with Gasteiger partial charge in [-0.2, -0.15) is 0 Å². The van der Waals surface area contributed by atoms with Crippen LogP contribution in [0.15, 0.2) is 0 Å². The van der Waals surface area contributed by atoms with Crippen LogP contribution in [0.3, 0.4) is 0 Å². The molecule has 36 heavy (non-hydrogen) atoms. The van der Waals surface area contributed by atoms with Crippen LogP contribution in [0.4, 0.5) is 8.78 Å². The molecule has 2 aliphatic carbocycles. The van der Waals surface area contributed by atoms with Gasteiger partial charge in [0.2, 0.25) is 11.8 Å². The Morgan fingerprint density at radius 3 is 2.44 bits per heavy atom. The summed E-state index contributed by atoms with van der Waals surface area (Å²) in [6, 6.07) is 0.106. The number of carbonyl (C=O) groups excluding carboxylic acids is 2. The molecule has 3 heterocycles. The maximum absolute atomic E-state index is 14.8. The molecular formula is C26H44F2N6O2. The van der Waals surface area contributed by atoms with Crippen molar-refractivity contribution in [3.63, 3.8) is 0 Å². The van der Waals surface area contributed by atoms with E-state index in [-0.39, 0.29) is 41.9 Å². The smallest absolute Gasteiger partial charge is 0.237 e. The summed E-state index contributed by atoms with van der Waals surface area (Å²) >= 11 is 0. The van der Waals surface area contributed by atoms with E-state index in [4.69, 9.17) is 5.73 Å². The van der Waals surface area contributed by atoms with Gasteiger partial charge in [-0.1, -0.05) is 6.92 Å². The number of nitrogens with two attached hydrogens (primary N) is 1. The summed E-state index contributed by atoms with van der Waals surface area (Å²) in [5.74, 6) is -0.0757. The molecule has 0 radical (unpaired) electrons. The summed E-state index contributed by atoms with van der Waals surface area (Å²) < 4.78 is 29.3. The topological polar surface area (TPSA) is 93.9 Å². The molecule has 5 fully saturated rings. The van der Waals surface area contributed by atoms with Crippen LogP contribution in [-0.4, -0.2) is 115 Å². The minimum Gasteiger partial charge on any atom is -0.369 e. The van der Waals surface area contributed by atoms with Crippen LogP contribution in [0.1, 0.15) is 51.9 Å². The fourth-order valence-electron chi connectivity index (χ4n) is 7.64. The maximum Gasteiger partial charge on any atom is 0.237 e. The third-order valence-electron chi connectivity index (χ3n) is 9.64. The molecule has 8 nitrogen and oxygen atoms in total. The first-order valence-corrected chi connectivity index (χ1v) is 14.1. The van der Waals surface area contributed by atoms with Crippen molar-refractivity contribution in [2.45, 2.75) is 94.4 Å². The Kier molecular flexibility index (Phi) is 8.15. The van der Waals surface area contributed by atoms with Crippen LogP contribution in [0.2, 0.25) is 0 Å². The van der Waals surface area contributed by atoms with Gasteiger partial charge in [-0.3, -0.25) is 24.3 Å². The van der Waals surface area contributed by atoms with E-state index >= 15 is 0 Å². The molecule has 204 valence electrons. The number of rotatable bonds is 6. The number of fused-ring (bicyclic) bond motifs is 1. The molecule has 5 rings (SSSR count). The minimum atomic E-state index is -0.917. The first-order valence-electron chi connectivity index (χ1n) is 14.1. The molecular weight excluding hydrogens is 466 g/mol. The number of nitrogens with one attached hydrogen (secondary N) is 2. The van der Waals surface area contributed by atoms with Gasteiger partial charge in [-0.15, -0.1) is 0 Å². The second-order valence-electron chi connectivity index (χ2n) is 12.1. The lowest BCUT2D eigenvalue weighted by Gasteiger charge is -2.39. The second kappa shape index (κ2) is 11.2. The first kappa shape index (κ1) is 26.3. The number of amides is 2. The first-order chi connectivity index (χ1) is 17.3. The summed E-state index contributed by atoms with van der Waals surface area (Å²) in [7, 11) is 0. The van der Waals surface area contributed by atoms with Crippen molar-refractivity contribution < 1.29 is 18.4 Å². The molecule has 0 aromatic carbocycles. The average molecular weight is 511 g/mol. The molecule has 10 heteroatoms. The number of alkyl halides is 2. The zero-order valence-corrected chi connectivity index (χ0v) is 21.6. The number of halogens is 2. The summed E-state index contributed by atoms with van der Waals surface area (Å²) in [6.45, 7) is 7.89. The van der Waals surface area contributed by atoms with Gasteiger partial charge in [0, 0.05) is 69.4 Å². The molecule has 5 aliphatic rings. The monoisotopic (exact) mass is 510 g/mol. The van der Waals surface area contributed by atoms with Crippen LogP contribution >= 0.6 is 0 Å². The van der Waals surface area contributed by atoms with Crippen LogP contribution in [0.5, 0.6) is 0 Å². The number of carbonyl (C=O) groups is 2. The molecule has 4 N–H and O–H groups in total. The van der Waals surface area contributed by atoms with Crippen molar-refractivity contribution in [1.29, 1.82) is 0 Å². The highest BCUT2D eigenvalue weighted by atomic mass is 19.1. The number of primary amides is 1. The summed E-state index contributed by atoms with van der Waals surface area (Å²) in [5, 5.41) is 6.54. The van der Waals surface area contributed by atoms with Crippen LogP contribution in [-0.2, 0) is 9.59 Å². The van der Waals surface area contributed by atoms with Gasteiger partial charge in [0.05, 0.1) is 12.6 Å². The number of hydrogen-bond donors (Lipinski definition) is 3. The second-order valence-corrected chi connectivity index (χ2v) is 12.1. The third kappa shape index (κ3) is 5.87. The Balaban J connectivity index is 1.10. The Labute approximate surface area is 213 Å². The normalized spacial score (nSPS) is 42.8. The van der Waals surface area contributed by atoms with E-state index in [0.29, 0.717) is 44.2 Å². The van der Waals surface area contributed by atoms with E-state index in [9.17, 15) is 18.4 Å². The van der Waals surface area contributed by atoms with Gasteiger partial charge in [-0.25, -0.2) is 8.78 Å². The van der Waals surface area contributed by atoms with Crippen LogP contribution < -0.4 is 16.4 Å². The maximum atomic E-state index is 14.8. The lowest BCUT2D eigenvalue weighted by molar-refractivity contribution is -0.124. The van der Waals surface area contributed by atoms with Crippen molar-refractivity contribution in [2.24, 2.45) is 17.6 Å². The molecule has 3 saturated heterocycles.